The van der Waals surface area contributed by atoms with Gasteiger partial charge < -0.3 is 9.80 Å². The molecule has 0 aromatic heterocycles. The molecule has 0 spiro atoms. The second-order valence-corrected chi connectivity index (χ2v) is 17.0. The van der Waals surface area contributed by atoms with Gasteiger partial charge in [-0.1, -0.05) is 176 Å². The van der Waals surface area contributed by atoms with Gasteiger partial charge >= 0.3 is 0 Å². The lowest BCUT2D eigenvalue weighted by Gasteiger charge is -2.28. The number of hydrogen-bond acceptors (Lipinski definition) is 2. The van der Waals surface area contributed by atoms with Gasteiger partial charge in [0.15, 0.2) is 0 Å². The molecular weight excluding hydrogens is 785 g/mol. The molecule has 0 saturated heterocycles. The molecule has 2 nitrogen and oxygen atoms in total. The zero-order chi connectivity index (χ0) is 43.5. The first-order valence-electron chi connectivity index (χ1n) is 22.6. The molecule has 0 aliphatic heterocycles. The maximum atomic E-state index is 4.57. The van der Waals surface area contributed by atoms with Crippen LogP contribution in [-0.4, -0.2) is 0 Å². The second kappa shape index (κ2) is 17.5. The molecule has 2 aliphatic rings. The van der Waals surface area contributed by atoms with Gasteiger partial charge in [-0.25, -0.2) is 0 Å². The molecule has 9 aromatic carbocycles. The summed E-state index contributed by atoms with van der Waals surface area (Å²) >= 11 is 0. The van der Waals surface area contributed by atoms with E-state index in [-0.39, 0.29) is 0 Å². The largest absolute Gasteiger partial charge is 0.311 e. The monoisotopic (exact) mass is 832 g/mol. The van der Waals surface area contributed by atoms with E-state index in [1.54, 1.807) is 0 Å². The Kier molecular flexibility index (Phi) is 10.7. The third-order valence-electron chi connectivity index (χ3n) is 12.9. The minimum atomic E-state index is 0.818. The molecule has 65 heavy (non-hydrogen) atoms. The predicted molar refractivity (Wildman–Crippen MR) is 274 cm³/mol. The third-order valence-corrected chi connectivity index (χ3v) is 12.9. The van der Waals surface area contributed by atoms with Crippen molar-refractivity contribution in [3.8, 4) is 44.5 Å². The highest BCUT2D eigenvalue weighted by Crippen LogP contribution is 2.42. The molecule has 0 atom stereocenters. The quantitative estimate of drug-likeness (QED) is 0.143. The van der Waals surface area contributed by atoms with E-state index in [4.69, 9.17) is 0 Å². The number of nitrogens with zero attached hydrogens (tertiary/aromatic N) is 2. The Bertz CT molecular complexity index is 3110. The molecule has 2 heteroatoms. The molecule has 2 aliphatic carbocycles. The average molecular weight is 833 g/mol. The van der Waals surface area contributed by atoms with Gasteiger partial charge in [0.2, 0.25) is 0 Å². The molecule has 0 unspecified atom stereocenters. The first-order valence-corrected chi connectivity index (χ1v) is 22.6. The van der Waals surface area contributed by atoms with E-state index < -0.39 is 0 Å². The van der Waals surface area contributed by atoms with Crippen LogP contribution in [0.2, 0.25) is 0 Å². The third kappa shape index (κ3) is 8.15. The maximum absolute atomic E-state index is 4.57. The topological polar surface area (TPSA) is 6.48 Å². The standard InChI is InChI=1S/C63H48N2/c1-45-41-53-18-9-8-17-48(53)20-12-21-60(42-45)65(61-39-40-63-55(44-61)43-54-19-10-11-22-62(54)63)59-37-29-52(30-38-59)51-27-35-58(36-28-51)64(56-31-23-49(24-32-56)46-13-4-2-5-14-46)57-33-25-50(26-34-57)47-15-6-3-7-16-47/h2-19,21-40,42,44H,1,20,41,43H2/b21-12-,60-42+. The Morgan fingerprint density at radius 1 is 0.323 bits per heavy atom. The molecule has 310 valence electrons. The second-order valence-electron chi connectivity index (χ2n) is 17.0. The molecule has 0 radical (unpaired) electrons. The summed E-state index contributed by atoms with van der Waals surface area (Å²) in [4.78, 5) is 4.74. The number of rotatable bonds is 9. The summed E-state index contributed by atoms with van der Waals surface area (Å²) in [5.74, 6) is 0. The normalized spacial score (nSPS) is 14.1. The lowest BCUT2D eigenvalue weighted by molar-refractivity contribution is 1.12. The smallest absolute Gasteiger partial charge is 0.0464 e. The van der Waals surface area contributed by atoms with Gasteiger partial charge in [-0.2, -0.15) is 0 Å². The highest BCUT2D eigenvalue weighted by atomic mass is 15.1. The van der Waals surface area contributed by atoms with Crippen molar-refractivity contribution in [1.82, 2.24) is 0 Å². The fourth-order valence-corrected chi connectivity index (χ4v) is 9.57. The van der Waals surface area contributed by atoms with Crippen molar-refractivity contribution in [2.45, 2.75) is 19.3 Å². The average Bonchev–Trinajstić information content (AvgIpc) is 3.77. The number of benzene rings is 9. The van der Waals surface area contributed by atoms with Crippen LogP contribution >= 0.6 is 0 Å². The highest BCUT2D eigenvalue weighted by molar-refractivity contribution is 5.84. The van der Waals surface area contributed by atoms with Crippen LogP contribution in [0.3, 0.4) is 0 Å². The van der Waals surface area contributed by atoms with Crippen molar-refractivity contribution < 1.29 is 0 Å². The van der Waals surface area contributed by atoms with E-state index in [1.807, 2.05) is 0 Å². The molecule has 0 amide bonds. The summed E-state index contributed by atoms with van der Waals surface area (Å²) in [5.41, 5.74) is 23.0. The number of anilines is 5. The molecule has 9 aromatic rings. The zero-order valence-electron chi connectivity index (χ0n) is 36.3. The first kappa shape index (κ1) is 39.6. The molecule has 11 rings (SSSR count). The van der Waals surface area contributed by atoms with Gasteiger partial charge in [-0.3, -0.25) is 0 Å². The molecule has 0 heterocycles. The van der Waals surface area contributed by atoms with Crippen molar-refractivity contribution in [1.29, 1.82) is 0 Å². The fourth-order valence-electron chi connectivity index (χ4n) is 9.57. The minimum absolute atomic E-state index is 0.818. The molecule has 0 bridgehead atoms. The Morgan fingerprint density at radius 2 is 0.738 bits per heavy atom. The van der Waals surface area contributed by atoms with Crippen LogP contribution in [0.25, 0.3) is 44.5 Å². The van der Waals surface area contributed by atoms with Crippen LogP contribution in [-0.2, 0) is 19.3 Å². The van der Waals surface area contributed by atoms with Crippen LogP contribution in [0, 0.1) is 0 Å². The van der Waals surface area contributed by atoms with Gasteiger partial charge in [-0.15, -0.1) is 0 Å². The summed E-state index contributed by atoms with van der Waals surface area (Å²) in [6, 6.07) is 81.4. The Hall–Kier alpha value is -8.20. The molecule has 0 N–H and O–H groups in total. The van der Waals surface area contributed by atoms with Gasteiger partial charge in [0.05, 0.1) is 0 Å². The number of allylic oxidation sites excluding steroid dienone is 4. The summed E-state index contributed by atoms with van der Waals surface area (Å²) in [6.07, 6.45) is 9.47. The Labute approximate surface area is 383 Å². The van der Waals surface area contributed by atoms with E-state index in [9.17, 15) is 0 Å². The van der Waals surface area contributed by atoms with Gasteiger partial charge in [-0.05, 0) is 164 Å². The number of hydrogen-bond donors (Lipinski definition) is 0. The van der Waals surface area contributed by atoms with E-state index in [0.717, 1.165) is 70.1 Å². The fraction of sp³-hybridized carbons (Fsp3) is 0.0476. The highest BCUT2D eigenvalue weighted by Gasteiger charge is 2.22. The summed E-state index contributed by atoms with van der Waals surface area (Å²) in [6.45, 7) is 4.57. The van der Waals surface area contributed by atoms with Gasteiger partial charge in [0.1, 0.15) is 0 Å². The van der Waals surface area contributed by atoms with Crippen LogP contribution < -0.4 is 9.80 Å². The lowest BCUT2D eigenvalue weighted by Crippen LogP contribution is -2.16. The van der Waals surface area contributed by atoms with Crippen molar-refractivity contribution >= 4 is 28.4 Å². The van der Waals surface area contributed by atoms with E-state index >= 15 is 0 Å². The van der Waals surface area contributed by atoms with Gasteiger partial charge in [0.25, 0.3) is 0 Å². The van der Waals surface area contributed by atoms with E-state index in [1.165, 1.54) is 55.6 Å². The molecule has 0 fully saturated rings. The number of fused-ring (bicyclic) bond motifs is 4. The van der Waals surface area contributed by atoms with E-state index in [2.05, 4.69) is 259 Å². The zero-order valence-corrected chi connectivity index (χ0v) is 36.3. The van der Waals surface area contributed by atoms with Crippen LogP contribution in [0.5, 0.6) is 0 Å². The summed E-state index contributed by atoms with van der Waals surface area (Å²) in [5, 5.41) is 0. The Balaban J connectivity index is 0.925. The lowest BCUT2D eigenvalue weighted by atomic mass is 9.99. The van der Waals surface area contributed by atoms with Crippen molar-refractivity contribution in [2.24, 2.45) is 0 Å². The van der Waals surface area contributed by atoms with Crippen molar-refractivity contribution in [3.63, 3.8) is 0 Å². The van der Waals surface area contributed by atoms with E-state index in [0.29, 0.717) is 0 Å². The van der Waals surface area contributed by atoms with Crippen LogP contribution in [0.4, 0.5) is 28.4 Å². The van der Waals surface area contributed by atoms with Crippen molar-refractivity contribution in [2.75, 3.05) is 9.80 Å². The Morgan fingerprint density at radius 3 is 1.28 bits per heavy atom. The molecular formula is C63H48N2. The summed E-state index contributed by atoms with van der Waals surface area (Å²) < 4.78 is 0. The molecule has 0 saturated carbocycles. The maximum Gasteiger partial charge on any atom is 0.0464 e. The SMILES string of the molecule is C=C1/C=C(N(c2ccc(-c3ccc(N(c4ccc(-c5ccccc5)cc4)c4ccc(-c5ccccc5)cc4)cc3)cc2)c2ccc3c(c2)Cc2ccccc2-3)\C=C/Cc2ccccc2C1. The van der Waals surface area contributed by atoms with Crippen molar-refractivity contribution in [3.05, 3.63) is 283 Å². The van der Waals surface area contributed by atoms with Crippen LogP contribution in [0.15, 0.2) is 261 Å². The van der Waals surface area contributed by atoms with Gasteiger partial charge in [0, 0.05) is 34.1 Å². The summed E-state index contributed by atoms with van der Waals surface area (Å²) in [7, 11) is 0. The first-order chi connectivity index (χ1) is 32.1. The minimum Gasteiger partial charge on any atom is -0.311 e. The predicted octanol–water partition coefficient (Wildman–Crippen LogP) is 16.7. The van der Waals surface area contributed by atoms with Crippen LogP contribution in [0.1, 0.15) is 22.3 Å².